The van der Waals surface area contributed by atoms with Gasteiger partial charge in [0.2, 0.25) is 0 Å². The number of hydrogen-bond acceptors (Lipinski definition) is 3. The molecule has 1 aliphatic heterocycles. The second kappa shape index (κ2) is 9.78. The summed E-state index contributed by atoms with van der Waals surface area (Å²) in [5.74, 6) is 1.45. The Balaban J connectivity index is 1.68. The average Bonchev–Trinajstić information content (AvgIpc) is 3.14. The molecule has 1 amide bonds. The predicted molar refractivity (Wildman–Crippen MR) is 113 cm³/mol. The summed E-state index contributed by atoms with van der Waals surface area (Å²) < 4.78 is 5.58. The van der Waals surface area contributed by atoms with Gasteiger partial charge in [0.25, 0.3) is 5.91 Å². The van der Waals surface area contributed by atoms with Crippen molar-refractivity contribution >= 4 is 17.6 Å². The van der Waals surface area contributed by atoms with Crippen molar-refractivity contribution in [3.63, 3.8) is 0 Å². The molecule has 2 N–H and O–H groups in total. The van der Waals surface area contributed by atoms with Crippen LogP contribution in [0.15, 0.2) is 53.5 Å². The van der Waals surface area contributed by atoms with E-state index in [0.29, 0.717) is 18.8 Å². The molecule has 6 nitrogen and oxygen atoms in total. The molecule has 0 bridgehead atoms. The second-order valence-corrected chi connectivity index (χ2v) is 6.59. The van der Waals surface area contributed by atoms with Crippen LogP contribution in [0.5, 0.6) is 5.75 Å². The summed E-state index contributed by atoms with van der Waals surface area (Å²) in [6.07, 6.45) is 1.03. The van der Waals surface area contributed by atoms with Crippen LogP contribution in [0, 0.1) is 0 Å². The number of carbonyl (C=O) groups is 1. The number of carbonyl (C=O) groups excluding carboxylic acids is 1. The normalized spacial score (nSPS) is 13.2. The van der Waals surface area contributed by atoms with E-state index < -0.39 is 0 Å². The number of amides is 1. The Kier molecular flexibility index (Phi) is 6.89. The van der Waals surface area contributed by atoms with E-state index >= 15 is 0 Å². The summed E-state index contributed by atoms with van der Waals surface area (Å²) in [6, 6.07) is 16.2. The summed E-state index contributed by atoms with van der Waals surface area (Å²) >= 11 is 0. The fourth-order valence-corrected chi connectivity index (χ4v) is 3.25. The molecule has 2 aromatic carbocycles. The molecule has 6 heteroatoms. The number of likely N-dealkylation sites (N-methyl/N-ethyl adjacent to an activating group) is 1. The minimum absolute atomic E-state index is 0.0216. The lowest BCUT2D eigenvalue weighted by Gasteiger charge is -2.22. The predicted octanol–water partition coefficient (Wildman–Crippen LogP) is 2.73. The minimum atomic E-state index is -0.118. The van der Waals surface area contributed by atoms with E-state index in [9.17, 15) is 4.79 Å². The smallest absolute Gasteiger partial charge is 0.257 e. The van der Waals surface area contributed by atoms with Gasteiger partial charge in [0.1, 0.15) is 5.75 Å². The summed E-state index contributed by atoms with van der Waals surface area (Å²) in [7, 11) is 0. The first-order valence-electron chi connectivity index (χ1n) is 9.83. The Hall–Kier alpha value is -3.02. The number of aliphatic imine (C=N–C) groups is 1. The van der Waals surface area contributed by atoms with Gasteiger partial charge in [0, 0.05) is 25.3 Å². The third-order valence-electron chi connectivity index (χ3n) is 4.53. The number of benzene rings is 2. The summed E-state index contributed by atoms with van der Waals surface area (Å²) in [4.78, 5) is 18.6. The van der Waals surface area contributed by atoms with E-state index in [-0.39, 0.29) is 12.5 Å². The van der Waals surface area contributed by atoms with Crippen LogP contribution in [0.25, 0.3) is 0 Å². The Morgan fingerprint density at radius 3 is 2.75 bits per heavy atom. The third kappa shape index (κ3) is 5.03. The van der Waals surface area contributed by atoms with E-state index in [1.807, 2.05) is 31.2 Å². The maximum absolute atomic E-state index is 11.6. The number of hydrogen-bond donors (Lipinski definition) is 2. The highest BCUT2D eigenvalue weighted by Gasteiger charge is 2.22. The monoisotopic (exact) mass is 380 g/mol. The number of anilines is 1. The van der Waals surface area contributed by atoms with Crippen LogP contribution in [0.1, 0.15) is 25.0 Å². The number of para-hydroxylation sites is 1. The van der Waals surface area contributed by atoms with Crippen molar-refractivity contribution in [2.45, 2.75) is 26.8 Å². The van der Waals surface area contributed by atoms with Crippen molar-refractivity contribution in [1.82, 2.24) is 10.6 Å². The second-order valence-electron chi connectivity index (χ2n) is 6.59. The SMILES string of the molecule is CCNC(=O)COc1cccc(CN=C(NCC)N2CCc3ccccc32)c1. The molecule has 0 aromatic heterocycles. The molecule has 0 spiro atoms. The van der Waals surface area contributed by atoms with Crippen LogP contribution in [0.4, 0.5) is 5.69 Å². The van der Waals surface area contributed by atoms with Crippen molar-refractivity contribution in [2.24, 2.45) is 4.99 Å². The highest BCUT2D eigenvalue weighted by Crippen LogP contribution is 2.27. The molecule has 0 fully saturated rings. The lowest BCUT2D eigenvalue weighted by molar-refractivity contribution is -0.122. The molecule has 148 valence electrons. The van der Waals surface area contributed by atoms with E-state index in [4.69, 9.17) is 9.73 Å². The van der Waals surface area contributed by atoms with Gasteiger partial charge < -0.3 is 20.3 Å². The molecule has 2 aromatic rings. The van der Waals surface area contributed by atoms with E-state index in [0.717, 1.165) is 31.0 Å². The summed E-state index contributed by atoms with van der Waals surface area (Å²) in [5, 5.41) is 6.12. The molecule has 0 aliphatic carbocycles. The molecular formula is C22H28N4O2. The van der Waals surface area contributed by atoms with E-state index in [1.54, 1.807) is 0 Å². The number of fused-ring (bicyclic) bond motifs is 1. The molecular weight excluding hydrogens is 352 g/mol. The van der Waals surface area contributed by atoms with E-state index in [2.05, 4.69) is 46.7 Å². The first-order chi connectivity index (χ1) is 13.7. The van der Waals surface area contributed by atoms with Crippen LogP contribution < -0.4 is 20.3 Å². The Bertz CT molecular complexity index is 835. The first kappa shape index (κ1) is 19.7. The van der Waals surface area contributed by atoms with Crippen molar-refractivity contribution in [3.8, 4) is 5.75 Å². The first-order valence-corrected chi connectivity index (χ1v) is 9.83. The molecule has 0 saturated carbocycles. The summed E-state index contributed by atoms with van der Waals surface area (Å²) in [5.41, 5.74) is 3.62. The maximum Gasteiger partial charge on any atom is 0.257 e. The van der Waals surface area contributed by atoms with Gasteiger partial charge in [-0.25, -0.2) is 4.99 Å². The molecule has 28 heavy (non-hydrogen) atoms. The van der Waals surface area contributed by atoms with Crippen molar-refractivity contribution in [2.75, 3.05) is 31.1 Å². The number of rotatable bonds is 7. The fraction of sp³-hybridized carbons (Fsp3) is 0.364. The highest BCUT2D eigenvalue weighted by molar-refractivity contribution is 5.97. The zero-order valence-corrected chi connectivity index (χ0v) is 16.6. The Morgan fingerprint density at radius 2 is 1.93 bits per heavy atom. The molecule has 3 rings (SSSR count). The van der Waals surface area contributed by atoms with Crippen LogP contribution in [-0.2, 0) is 17.8 Å². The van der Waals surface area contributed by atoms with Gasteiger partial charge in [-0.2, -0.15) is 0 Å². The molecule has 0 radical (unpaired) electrons. The van der Waals surface area contributed by atoms with Gasteiger partial charge in [-0.1, -0.05) is 30.3 Å². The summed E-state index contributed by atoms with van der Waals surface area (Å²) in [6.45, 7) is 6.87. The highest BCUT2D eigenvalue weighted by atomic mass is 16.5. The van der Waals surface area contributed by atoms with Crippen molar-refractivity contribution in [3.05, 3.63) is 59.7 Å². The average molecular weight is 380 g/mol. The lowest BCUT2D eigenvalue weighted by atomic mass is 10.2. The fourth-order valence-electron chi connectivity index (χ4n) is 3.25. The largest absolute Gasteiger partial charge is 0.484 e. The number of nitrogens with one attached hydrogen (secondary N) is 2. The van der Waals surface area contributed by atoms with Gasteiger partial charge in [-0.15, -0.1) is 0 Å². The standard InChI is InChI=1S/C22H28N4O2/c1-3-23-21(27)16-28-19-10-7-8-17(14-19)15-25-22(24-4-2)26-13-12-18-9-5-6-11-20(18)26/h5-11,14H,3-4,12-13,15-16H2,1-2H3,(H,23,27)(H,24,25). The van der Waals surface area contributed by atoms with Crippen LogP contribution in [0.2, 0.25) is 0 Å². The van der Waals surface area contributed by atoms with Crippen molar-refractivity contribution in [1.29, 1.82) is 0 Å². The minimum Gasteiger partial charge on any atom is -0.484 e. The van der Waals surface area contributed by atoms with Gasteiger partial charge in [-0.3, -0.25) is 4.79 Å². The number of guanidine groups is 1. The Morgan fingerprint density at radius 1 is 1.11 bits per heavy atom. The lowest BCUT2D eigenvalue weighted by Crippen LogP contribution is -2.40. The quantitative estimate of drug-likeness (QED) is 0.573. The van der Waals surface area contributed by atoms with Crippen LogP contribution in [-0.4, -0.2) is 38.1 Å². The maximum atomic E-state index is 11.6. The van der Waals surface area contributed by atoms with Crippen LogP contribution in [0.3, 0.4) is 0 Å². The molecule has 0 unspecified atom stereocenters. The third-order valence-corrected chi connectivity index (χ3v) is 4.53. The van der Waals surface area contributed by atoms with E-state index in [1.165, 1.54) is 11.3 Å². The molecule has 0 atom stereocenters. The molecule has 1 aliphatic rings. The van der Waals surface area contributed by atoms with Gasteiger partial charge in [0.15, 0.2) is 12.6 Å². The van der Waals surface area contributed by atoms with Gasteiger partial charge in [-0.05, 0) is 49.6 Å². The molecule has 1 heterocycles. The molecule has 0 saturated heterocycles. The number of ether oxygens (including phenoxy) is 1. The van der Waals surface area contributed by atoms with Crippen molar-refractivity contribution < 1.29 is 9.53 Å². The zero-order valence-electron chi connectivity index (χ0n) is 16.6. The number of nitrogens with zero attached hydrogens (tertiary/aromatic N) is 2. The Labute approximate surface area is 166 Å². The van der Waals surface area contributed by atoms with Crippen LogP contribution >= 0.6 is 0 Å². The van der Waals surface area contributed by atoms with Gasteiger partial charge in [0.05, 0.1) is 6.54 Å². The topological polar surface area (TPSA) is 66.0 Å². The van der Waals surface area contributed by atoms with Gasteiger partial charge >= 0.3 is 0 Å². The zero-order chi connectivity index (χ0) is 19.8.